The van der Waals surface area contributed by atoms with Gasteiger partial charge in [0.2, 0.25) is 0 Å². The topological polar surface area (TPSA) is 55.9 Å². The summed E-state index contributed by atoms with van der Waals surface area (Å²) in [5, 5.41) is 5.85. The molecule has 0 radical (unpaired) electrons. The first-order valence-corrected chi connectivity index (χ1v) is 11.7. The van der Waals surface area contributed by atoms with Crippen molar-refractivity contribution in [2.75, 3.05) is 23.5 Å². The van der Waals surface area contributed by atoms with E-state index in [1.807, 2.05) is 55.5 Å². The molecular formula is C28H25FN4O2. The molecule has 2 heterocycles. The van der Waals surface area contributed by atoms with Gasteiger partial charge in [-0.1, -0.05) is 28.7 Å². The van der Waals surface area contributed by atoms with Gasteiger partial charge in [0.15, 0.2) is 0 Å². The van der Waals surface area contributed by atoms with Crippen LogP contribution in [-0.4, -0.2) is 30.7 Å². The third-order valence-corrected chi connectivity index (χ3v) is 7.24. The predicted octanol–water partition coefficient (Wildman–Crippen LogP) is 5.15. The summed E-state index contributed by atoms with van der Waals surface area (Å²) < 4.78 is 13.9. The van der Waals surface area contributed by atoms with Gasteiger partial charge in [-0.3, -0.25) is 9.59 Å². The average molecular weight is 469 g/mol. The second-order valence-electron chi connectivity index (χ2n) is 9.45. The largest absolute Gasteiger partial charge is 0.342 e. The van der Waals surface area contributed by atoms with Crippen LogP contribution in [0.2, 0.25) is 0 Å². The van der Waals surface area contributed by atoms with Crippen LogP contribution < -0.4 is 15.1 Å². The van der Waals surface area contributed by atoms with Gasteiger partial charge in [-0.15, -0.1) is 0 Å². The van der Waals surface area contributed by atoms with Crippen LogP contribution in [0.4, 0.5) is 15.9 Å². The molecule has 3 aromatic carbocycles. The minimum absolute atomic E-state index is 0.00585. The maximum absolute atomic E-state index is 13.9. The molecule has 35 heavy (non-hydrogen) atoms. The molecule has 3 aromatic rings. The van der Waals surface area contributed by atoms with E-state index in [1.54, 1.807) is 35.2 Å². The number of carbonyl (C=O) groups excluding carboxylic acids is 2. The van der Waals surface area contributed by atoms with E-state index in [9.17, 15) is 14.1 Å². The summed E-state index contributed by atoms with van der Waals surface area (Å²) in [6.07, 6.45) is 8.20. The summed E-state index contributed by atoms with van der Waals surface area (Å²) >= 11 is 0. The van der Waals surface area contributed by atoms with Gasteiger partial charge in [-0.2, -0.15) is 5.12 Å². The number of benzene rings is 3. The lowest BCUT2D eigenvalue weighted by Gasteiger charge is -2.24. The number of hydrogen-bond donors (Lipinski definition) is 1. The van der Waals surface area contributed by atoms with Crippen molar-refractivity contribution < 1.29 is 14.1 Å². The molecule has 2 amide bonds. The number of carbonyl (C=O) groups is 2. The first kappa shape index (κ1) is 21.4. The number of amides is 2. The fourth-order valence-electron chi connectivity index (χ4n) is 5.16. The molecule has 176 valence electrons. The van der Waals surface area contributed by atoms with Gasteiger partial charge in [0.25, 0.3) is 11.8 Å². The molecule has 0 saturated heterocycles. The fourth-order valence-corrected chi connectivity index (χ4v) is 5.16. The fraction of sp³-hybridized carbons (Fsp3) is 0.214. The van der Waals surface area contributed by atoms with Crippen LogP contribution in [0.15, 0.2) is 73.1 Å². The first-order valence-electron chi connectivity index (χ1n) is 11.7. The van der Waals surface area contributed by atoms with Gasteiger partial charge in [0.1, 0.15) is 6.67 Å². The van der Waals surface area contributed by atoms with E-state index in [1.165, 1.54) is 6.20 Å². The normalized spacial score (nSPS) is 17.8. The second kappa shape index (κ2) is 7.70. The van der Waals surface area contributed by atoms with E-state index in [2.05, 4.69) is 5.32 Å². The van der Waals surface area contributed by atoms with Crippen molar-refractivity contribution in [1.82, 2.24) is 10.4 Å². The Bertz CT molecular complexity index is 1460. The Kier molecular flexibility index (Phi) is 4.71. The van der Waals surface area contributed by atoms with E-state index in [0.29, 0.717) is 16.2 Å². The van der Waals surface area contributed by atoms with Crippen LogP contribution in [-0.2, 0) is 5.54 Å². The third-order valence-electron chi connectivity index (χ3n) is 7.24. The van der Waals surface area contributed by atoms with Crippen molar-refractivity contribution in [1.29, 1.82) is 0 Å². The van der Waals surface area contributed by atoms with Gasteiger partial charge < -0.3 is 15.1 Å². The van der Waals surface area contributed by atoms with Crippen molar-refractivity contribution in [2.24, 2.45) is 0 Å². The number of halogens is 1. The van der Waals surface area contributed by atoms with Crippen molar-refractivity contribution in [2.45, 2.75) is 25.3 Å². The summed E-state index contributed by atoms with van der Waals surface area (Å²) in [6.45, 7) is 1.94. The third kappa shape index (κ3) is 3.38. The Balaban J connectivity index is 1.34. The highest BCUT2D eigenvalue weighted by Gasteiger charge is 2.47. The summed E-state index contributed by atoms with van der Waals surface area (Å²) in [5.41, 5.74) is 4.32. The number of nitrogens with zero attached hydrogens (tertiary/aromatic N) is 3. The second-order valence-corrected chi connectivity index (χ2v) is 9.45. The van der Waals surface area contributed by atoms with Crippen molar-refractivity contribution in [3.63, 3.8) is 0 Å². The molecule has 1 aliphatic carbocycles. The van der Waals surface area contributed by atoms with E-state index >= 15 is 0 Å². The van der Waals surface area contributed by atoms with Gasteiger partial charge in [-0.25, -0.2) is 0 Å². The average Bonchev–Trinajstić information content (AvgIpc) is 3.62. The Morgan fingerprint density at radius 1 is 1.06 bits per heavy atom. The summed E-state index contributed by atoms with van der Waals surface area (Å²) in [6, 6.07) is 15.4. The number of aryl methyl sites for hydroxylation is 1. The van der Waals surface area contributed by atoms with Crippen LogP contribution in [0.25, 0.3) is 10.8 Å². The molecule has 1 saturated carbocycles. The first-order chi connectivity index (χ1) is 16.9. The Hall–Kier alpha value is -4.13. The maximum atomic E-state index is 13.9. The van der Waals surface area contributed by atoms with Gasteiger partial charge in [0.05, 0.1) is 11.2 Å². The SMILES string of the molecule is Cc1ccc(N2C=CC=CN(F)C2)cc1C(=O)NC1(c2ccc3c4c(cccc24)C(=O)N3C)CC1. The maximum Gasteiger partial charge on any atom is 0.258 e. The van der Waals surface area contributed by atoms with Gasteiger partial charge >= 0.3 is 0 Å². The van der Waals surface area contributed by atoms with E-state index < -0.39 is 5.54 Å². The monoisotopic (exact) mass is 468 g/mol. The quantitative estimate of drug-likeness (QED) is 0.538. The zero-order chi connectivity index (χ0) is 24.3. The van der Waals surface area contributed by atoms with Crippen LogP contribution in [0.5, 0.6) is 0 Å². The van der Waals surface area contributed by atoms with Crippen LogP contribution in [0.1, 0.15) is 44.7 Å². The minimum Gasteiger partial charge on any atom is -0.342 e. The zero-order valence-electron chi connectivity index (χ0n) is 19.6. The molecule has 0 unspecified atom stereocenters. The predicted molar refractivity (Wildman–Crippen MR) is 135 cm³/mol. The number of rotatable bonds is 4. The molecule has 0 atom stereocenters. The molecule has 0 aromatic heterocycles. The van der Waals surface area contributed by atoms with Crippen LogP contribution >= 0.6 is 0 Å². The standard InChI is InChI=1S/C28H25FN4O2/c1-18-8-9-19(32-14-3-4-15-33(29)17-32)16-22(18)26(34)30-28(12-13-28)23-10-11-24-25-20(23)6-5-7-21(25)27(35)31(24)2/h3-11,14-16H,12-13,17H2,1-2H3,(H,30,34). The summed E-state index contributed by atoms with van der Waals surface area (Å²) in [7, 11) is 1.79. The Labute approximate surface area is 202 Å². The number of nitrogens with one attached hydrogen (secondary N) is 1. The minimum atomic E-state index is -0.469. The summed E-state index contributed by atoms with van der Waals surface area (Å²) in [5.74, 6) is -0.166. The molecule has 2 aliphatic heterocycles. The Morgan fingerprint density at radius 3 is 2.66 bits per heavy atom. The molecule has 1 fully saturated rings. The van der Waals surface area contributed by atoms with Crippen LogP contribution in [0.3, 0.4) is 0 Å². The molecule has 3 aliphatic rings. The van der Waals surface area contributed by atoms with Crippen molar-refractivity contribution in [3.8, 4) is 0 Å². The number of anilines is 2. The van der Waals surface area contributed by atoms with E-state index in [0.717, 1.165) is 46.1 Å². The highest BCUT2D eigenvalue weighted by atomic mass is 19.2. The Morgan fingerprint density at radius 2 is 1.86 bits per heavy atom. The zero-order valence-corrected chi connectivity index (χ0v) is 19.6. The lowest BCUT2D eigenvalue weighted by atomic mass is 9.94. The van der Waals surface area contributed by atoms with Crippen LogP contribution in [0, 0.1) is 6.92 Å². The van der Waals surface area contributed by atoms with Gasteiger partial charge in [0, 0.05) is 41.6 Å². The van der Waals surface area contributed by atoms with Crippen molar-refractivity contribution >= 4 is 34.0 Å². The number of allylic oxidation sites excluding steroid dienone is 2. The molecule has 0 bridgehead atoms. The smallest absolute Gasteiger partial charge is 0.258 e. The lowest BCUT2D eigenvalue weighted by molar-refractivity contribution is 0.0929. The summed E-state index contributed by atoms with van der Waals surface area (Å²) in [4.78, 5) is 29.6. The highest BCUT2D eigenvalue weighted by Crippen LogP contribution is 2.50. The van der Waals surface area contributed by atoms with Crippen molar-refractivity contribution in [3.05, 3.63) is 95.3 Å². The molecule has 1 N–H and O–H groups in total. The molecule has 6 nitrogen and oxygen atoms in total. The molecular weight excluding hydrogens is 443 g/mol. The highest BCUT2D eigenvalue weighted by molar-refractivity contribution is 6.25. The molecule has 0 spiro atoms. The molecule has 7 heteroatoms. The lowest BCUT2D eigenvalue weighted by Crippen LogP contribution is -2.35. The van der Waals surface area contributed by atoms with E-state index in [-0.39, 0.29) is 18.5 Å². The van der Waals surface area contributed by atoms with E-state index in [4.69, 9.17) is 0 Å². The number of hydrogen-bond acceptors (Lipinski definition) is 4. The van der Waals surface area contributed by atoms with Gasteiger partial charge in [-0.05, 0) is 72.7 Å². The molecule has 6 rings (SSSR count).